The molecule has 0 aliphatic carbocycles. The van der Waals surface area contributed by atoms with E-state index in [1.807, 2.05) is 4.90 Å². The fourth-order valence-corrected chi connectivity index (χ4v) is 1.96. The van der Waals surface area contributed by atoms with Crippen LogP contribution in [0.25, 0.3) is 0 Å². The first-order chi connectivity index (χ1) is 8.08. The molecule has 92 valence electrons. The Balaban J connectivity index is 2.28. The van der Waals surface area contributed by atoms with Gasteiger partial charge in [-0.1, -0.05) is 0 Å². The van der Waals surface area contributed by atoms with Gasteiger partial charge in [0.1, 0.15) is 11.4 Å². The molecule has 1 aliphatic heterocycles. The Morgan fingerprint density at radius 1 is 1.47 bits per heavy atom. The summed E-state index contributed by atoms with van der Waals surface area (Å²) in [6.45, 7) is 1.22. The number of hydrogen-bond acceptors (Lipinski definition) is 5. The summed E-state index contributed by atoms with van der Waals surface area (Å²) in [5, 5.41) is 18.5. The van der Waals surface area contributed by atoms with Gasteiger partial charge in [-0.3, -0.25) is 0 Å². The second-order valence-corrected chi connectivity index (χ2v) is 4.16. The van der Waals surface area contributed by atoms with Crippen LogP contribution in [0.15, 0.2) is 12.3 Å². The van der Waals surface area contributed by atoms with E-state index in [1.54, 1.807) is 0 Å². The molecule has 0 amide bonds. The lowest BCUT2D eigenvalue weighted by atomic mass is 10.1. The van der Waals surface area contributed by atoms with E-state index in [1.165, 1.54) is 12.3 Å². The van der Waals surface area contributed by atoms with Gasteiger partial charge in [0.2, 0.25) is 0 Å². The van der Waals surface area contributed by atoms with Crippen molar-refractivity contribution in [3.63, 3.8) is 0 Å². The van der Waals surface area contributed by atoms with Crippen molar-refractivity contribution in [1.29, 1.82) is 0 Å². The van der Waals surface area contributed by atoms with Gasteiger partial charge in [0.15, 0.2) is 0 Å². The van der Waals surface area contributed by atoms with Gasteiger partial charge in [-0.2, -0.15) is 0 Å². The quantitative estimate of drug-likeness (QED) is 0.685. The summed E-state index contributed by atoms with van der Waals surface area (Å²) < 4.78 is 0. The number of carboxylic acid groups (broad SMARTS) is 1. The maximum atomic E-state index is 11.1. The maximum absolute atomic E-state index is 11.1. The molecule has 2 heterocycles. The van der Waals surface area contributed by atoms with Crippen LogP contribution in [0.2, 0.25) is 0 Å². The zero-order valence-corrected chi connectivity index (χ0v) is 9.33. The molecular weight excluding hydrogens is 222 g/mol. The van der Waals surface area contributed by atoms with Gasteiger partial charge in [0, 0.05) is 13.1 Å². The lowest BCUT2D eigenvalue weighted by Crippen LogP contribution is -2.37. The van der Waals surface area contributed by atoms with E-state index in [-0.39, 0.29) is 11.7 Å². The summed E-state index contributed by atoms with van der Waals surface area (Å²) in [7, 11) is 0. The number of aromatic nitrogens is 1. The number of piperidine rings is 1. The van der Waals surface area contributed by atoms with Gasteiger partial charge in [0.05, 0.1) is 18.0 Å². The predicted octanol–water partition coefficient (Wildman–Crippen LogP) is 0.323. The van der Waals surface area contributed by atoms with Crippen molar-refractivity contribution in [2.75, 3.05) is 23.7 Å². The van der Waals surface area contributed by atoms with E-state index in [0.29, 0.717) is 37.4 Å². The van der Waals surface area contributed by atoms with Crippen molar-refractivity contribution >= 4 is 17.5 Å². The molecule has 1 aliphatic rings. The predicted molar refractivity (Wildman–Crippen MR) is 63.1 cm³/mol. The second-order valence-electron chi connectivity index (χ2n) is 4.16. The number of pyridine rings is 1. The molecule has 0 unspecified atom stereocenters. The molecule has 1 aromatic heterocycles. The first kappa shape index (κ1) is 11.7. The van der Waals surface area contributed by atoms with Crippen molar-refractivity contribution in [2.45, 2.75) is 18.9 Å². The van der Waals surface area contributed by atoms with Crippen LogP contribution < -0.4 is 10.6 Å². The Hall–Kier alpha value is -1.82. The first-order valence-electron chi connectivity index (χ1n) is 5.49. The number of nitrogens with two attached hydrogens (primary N) is 1. The topological polar surface area (TPSA) is 99.7 Å². The standard InChI is InChI=1S/C11H15N3O3/c12-7-5-9(11(16)17)10(13-6-7)14-3-1-8(15)2-4-14/h5-6,8,15H,1-4,12H2,(H,16,17). The Morgan fingerprint density at radius 3 is 2.71 bits per heavy atom. The average molecular weight is 237 g/mol. The van der Waals surface area contributed by atoms with E-state index in [2.05, 4.69) is 4.98 Å². The number of aliphatic hydroxyl groups is 1. The molecule has 6 heteroatoms. The summed E-state index contributed by atoms with van der Waals surface area (Å²) in [4.78, 5) is 17.1. The highest BCUT2D eigenvalue weighted by Gasteiger charge is 2.22. The highest BCUT2D eigenvalue weighted by Crippen LogP contribution is 2.23. The molecule has 2 rings (SSSR count). The van der Waals surface area contributed by atoms with Gasteiger partial charge in [-0.25, -0.2) is 9.78 Å². The fourth-order valence-electron chi connectivity index (χ4n) is 1.96. The Labute approximate surface area is 98.7 Å². The normalized spacial score (nSPS) is 17.1. The number of carbonyl (C=O) groups is 1. The van der Waals surface area contributed by atoms with E-state index in [9.17, 15) is 9.90 Å². The van der Waals surface area contributed by atoms with Crippen LogP contribution in [0.1, 0.15) is 23.2 Å². The smallest absolute Gasteiger partial charge is 0.339 e. The average Bonchev–Trinajstić information content (AvgIpc) is 2.30. The van der Waals surface area contributed by atoms with E-state index in [0.717, 1.165) is 0 Å². The van der Waals surface area contributed by atoms with Crippen LogP contribution in [0, 0.1) is 0 Å². The third kappa shape index (κ3) is 2.47. The van der Waals surface area contributed by atoms with Crippen LogP contribution >= 0.6 is 0 Å². The molecule has 0 aromatic carbocycles. The third-order valence-corrected chi connectivity index (χ3v) is 2.88. The van der Waals surface area contributed by atoms with Crippen LogP contribution in [-0.4, -0.2) is 40.4 Å². The van der Waals surface area contributed by atoms with Gasteiger partial charge in [-0.15, -0.1) is 0 Å². The van der Waals surface area contributed by atoms with Crippen molar-refractivity contribution in [3.05, 3.63) is 17.8 Å². The molecule has 6 nitrogen and oxygen atoms in total. The van der Waals surface area contributed by atoms with E-state index >= 15 is 0 Å². The first-order valence-corrected chi connectivity index (χ1v) is 5.49. The maximum Gasteiger partial charge on any atom is 0.339 e. The fraction of sp³-hybridized carbons (Fsp3) is 0.455. The summed E-state index contributed by atoms with van der Waals surface area (Å²) in [6.07, 6.45) is 2.41. The summed E-state index contributed by atoms with van der Waals surface area (Å²) in [5.74, 6) is -0.607. The van der Waals surface area contributed by atoms with Gasteiger partial charge < -0.3 is 20.8 Å². The largest absolute Gasteiger partial charge is 0.478 e. The van der Waals surface area contributed by atoms with Crippen molar-refractivity contribution < 1.29 is 15.0 Å². The van der Waals surface area contributed by atoms with Gasteiger partial charge in [-0.05, 0) is 18.9 Å². The Kier molecular flexibility index (Phi) is 3.14. The van der Waals surface area contributed by atoms with Crippen LogP contribution in [-0.2, 0) is 0 Å². The monoisotopic (exact) mass is 237 g/mol. The molecule has 0 atom stereocenters. The van der Waals surface area contributed by atoms with Crippen molar-refractivity contribution in [1.82, 2.24) is 4.98 Å². The Bertz CT molecular complexity index is 428. The summed E-state index contributed by atoms with van der Waals surface area (Å²) in [6, 6.07) is 1.41. The lowest BCUT2D eigenvalue weighted by Gasteiger charge is -2.31. The van der Waals surface area contributed by atoms with Gasteiger partial charge >= 0.3 is 5.97 Å². The molecule has 0 radical (unpaired) electrons. The molecule has 1 saturated heterocycles. The molecule has 0 bridgehead atoms. The highest BCUT2D eigenvalue weighted by atomic mass is 16.4. The molecular formula is C11H15N3O3. The number of aromatic carboxylic acids is 1. The lowest BCUT2D eigenvalue weighted by molar-refractivity contribution is 0.0697. The summed E-state index contributed by atoms with van der Waals surface area (Å²) in [5.41, 5.74) is 5.98. The SMILES string of the molecule is Nc1cnc(N2CCC(O)CC2)c(C(=O)O)c1. The number of carboxylic acids is 1. The second kappa shape index (κ2) is 4.58. The number of nitrogen functional groups attached to an aromatic ring is 1. The minimum absolute atomic E-state index is 0.112. The number of rotatable bonds is 2. The van der Waals surface area contributed by atoms with Crippen LogP contribution in [0.5, 0.6) is 0 Å². The number of anilines is 2. The molecule has 1 fully saturated rings. The molecule has 0 saturated carbocycles. The zero-order chi connectivity index (χ0) is 12.4. The minimum Gasteiger partial charge on any atom is -0.478 e. The van der Waals surface area contributed by atoms with Crippen LogP contribution in [0.4, 0.5) is 11.5 Å². The van der Waals surface area contributed by atoms with E-state index < -0.39 is 5.97 Å². The van der Waals surface area contributed by atoms with Crippen molar-refractivity contribution in [3.8, 4) is 0 Å². The molecule has 17 heavy (non-hydrogen) atoms. The molecule has 0 spiro atoms. The zero-order valence-electron chi connectivity index (χ0n) is 9.33. The van der Waals surface area contributed by atoms with Crippen LogP contribution in [0.3, 0.4) is 0 Å². The minimum atomic E-state index is -1.04. The third-order valence-electron chi connectivity index (χ3n) is 2.88. The number of aliphatic hydroxyl groups excluding tert-OH is 1. The highest BCUT2D eigenvalue weighted by molar-refractivity contribution is 5.94. The van der Waals surface area contributed by atoms with E-state index in [4.69, 9.17) is 10.8 Å². The molecule has 1 aromatic rings. The van der Waals surface area contributed by atoms with Crippen molar-refractivity contribution in [2.24, 2.45) is 0 Å². The van der Waals surface area contributed by atoms with Gasteiger partial charge in [0.25, 0.3) is 0 Å². The summed E-state index contributed by atoms with van der Waals surface area (Å²) >= 11 is 0. The Morgan fingerprint density at radius 2 is 2.12 bits per heavy atom. The number of hydrogen-bond donors (Lipinski definition) is 3. The molecule has 4 N–H and O–H groups in total. The number of nitrogens with zero attached hydrogens (tertiary/aromatic N) is 2.